The standard InChI is InChI=1S/C15H11FN2S/c1-10-5-6-17-8-13(10)14-9-19-15(18-14)11-3-2-4-12(16)7-11/h2-9H,1H3. The van der Waals surface area contributed by atoms with Crippen molar-refractivity contribution in [3.05, 3.63) is 59.5 Å². The highest BCUT2D eigenvalue weighted by Crippen LogP contribution is 2.30. The van der Waals surface area contributed by atoms with Crippen LogP contribution >= 0.6 is 11.3 Å². The van der Waals surface area contributed by atoms with E-state index in [0.29, 0.717) is 0 Å². The third-order valence-corrected chi connectivity index (χ3v) is 3.78. The number of aryl methyl sites for hydroxylation is 1. The van der Waals surface area contributed by atoms with E-state index in [2.05, 4.69) is 9.97 Å². The summed E-state index contributed by atoms with van der Waals surface area (Å²) < 4.78 is 13.2. The third kappa shape index (κ3) is 2.39. The second kappa shape index (κ2) is 4.90. The van der Waals surface area contributed by atoms with Crippen LogP contribution in [0.4, 0.5) is 4.39 Å². The summed E-state index contributed by atoms with van der Waals surface area (Å²) in [6, 6.07) is 8.45. The number of benzene rings is 1. The molecular formula is C15H11FN2S. The van der Waals surface area contributed by atoms with Gasteiger partial charge in [0.15, 0.2) is 0 Å². The van der Waals surface area contributed by atoms with E-state index in [4.69, 9.17) is 0 Å². The molecular weight excluding hydrogens is 259 g/mol. The van der Waals surface area contributed by atoms with Crippen LogP contribution in [-0.4, -0.2) is 9.97 Å². The lowest BCUT2D eigenvalue weighted by molar-refractivity contribution is 0.628. The van der Waals surface area contributed by atoms with Crippen LogP contribution < -0.4 is 0 Å². The van der Waals surface area contributed by atoms with Gasteiger partial charge < -0.3 is 0 Å². The Morgan fingerprint density at radius 2 is 2.11 bits per heavy atom. The molecule has 0 radical (unpaired) electrons. The maximum Gasteiger partial charge on any atom is 0.124 e. The fraction of sp³-hybridized carbons (Fsp3) is 0.0667. The highest BCUT2D eigenvalue weighted by molar-refractivity contribution is 7.13. The Morgan fingerprint density at radius 3 is 2.89 bits per heavy atom. The topological polar surface area (TPSA) is 25.8 Å². The number of halogens is 1. The number of aromatic nitrogens is 2. The van der Waals surface area contributed by atoms with Crippen molar-refractivity contribution in [2.45, 2.75) is 6.92 Å². The van der Waals surface area contributed by atoms with E-state index in [-0.39, 0.29) is 5.82 Å². The fourth-order valence-corrected chi connectivity index (χ4v) is 2.70. The molecule has 0 N–H and O–H groups in total. The Balaban J connectivity index is 2.03. The van der Waals surface area contributed by atoms with Crippen molar-refractivity contribution in [1.29, 1.82) is 0 Å². The molecule has 3 aromatic rings. The van der Waals surface area contributed by atoms with E-state index >= 15 is 0 Å². The van der Waals surface area contributed by atoms with Gasteiger partial charge in [-0.15, -0.1) is 11.3 Å². The molecule has 0 unspecified atom stereocenters. The van der Waals surface area contributed by atoms with Crippen molar-refractivity contribution in [3.8, 4) is 21.8 Å². The first kappa shape index (κ1) is 12.0. The maximum absolute atomic E-state index is 13.2. The molecule has 0 amide bonds. The van der Waals surface area contributed by atoms with Gasteiger partial charge in [-0.05, 0) is 30.7 Å². The molecule has 2 aromatic heterocycles. The summed E-state index contributed by atoms with van der Waals surface area (Å²) in [7, 11) is 0. The quantitative estimate of drug-likeness (QED) is 0.693. The zero-order valence-corrected chi connectivity index (χ0v) is 11.1. The van der Waals surface area contributed by atoms with Gasteiger partial charge in [0.25, 0.3) is 0 Å². The van der Waals surface area contributed by atoms with Crippen molar-refractivity contribution in [3.63, 3.8) is 0 Å². The SMILES string of the molecule is Cc1ccncc1-c1csc(-c2cccc(F)c2)n1. The normalized spacial score (nSPS) is 10.6. The average molecular weight is 270 g/mol. The van der Waals surface area contributed by atoms with E-state index in [1.807, 2.05) is 24.4 Å². The van der Waals surface area contributed by atoms with Gasteiger partial charge in [-0.2, -0.15) is 0 Å². The summed E-state index contributed by atoms with van der Waals surface area (Å²) in [5.74, 6) is -0.244. The van der Waals surface area contributed by atoms with Crippen LogP contribution in [0.5, 0.6) is 0 Å². The highest BCUT2D eigenvalue weighted by Gasteiger charge is 2.09. The second-order valence-electron chi connectivity index (χ2n) is 4.24. The molecule has 0 spiro atoms. The molecule has 0 atom stereocenters. The molecule has 2 nitrogen and oxygen atoms in total. The van der Waals surface area contributed by atoms with Gasteiger partial charge in [-0.25, -0.2) is 9.37 Å². The van der Waals surface area contributed by atoms with Gasteiger partial charge in [-0.3, -0.25) is 4.98 Å². The Labute approximate surface area is 114 Å². The first-order valence-electron chi connectivity index (χ1n) is 5.86. The minimum absolute atomic E-state index is 0.244. The van der Waals surface area contributed by atoms with Crippen LogP contribution in [0.2, 0.25) is 0 Å². The molecule has 0 bridgehead atoms. The summed E-state index contributed by atoms with van der Waals surface area (Å²) in [5, 5.41) is 2.79. The zero-order chi connectivity index (χ0) is 13.2. The number of rotatable bonds is 2. The summed E-state index contributed by atoms with van der Waals surface area (Å²) in [4.78, 5) is 8.69. The van der Waals surface area contributed by atoms with Crippen LogP contribution in [0.3, 0.4) is 0 Å². The number of hydrogen-bond donors (Lipinski definition) is 0. The first-order valence-corrected chi connectivity index (χ1v) is 6.74. The smallest absolute Gasteiger partial charge is 0.124 e. The van der Waals surface area contributed by atoms with Crippen molar-refractivity contribution in [2.24, 2.45) is 0 Å². The fourth-order valence-electron chi connectivity index (χ4n) is 1.88. The van der Waals surface area contributed by atoms with E-state index in [1.54, 1.807) is 18.5 Å². The molecule has 2 heterocycles. The number of nitrogens with zero attached hydrogens (tertiary/aromatic N) is 2. The number of thiazole rings is 1. The molecule has 0 aliphatic rings. The van der Waals surface area contributed by atoms with Crippen LogP contribution in [0.15, 0.2) is 48.1 Å². The molecule has 1 aromatic carbocycles. The molecule has 0 aliphatic heterocycles. The van der Waals surface area contributed by atoms with Crippen molar-refractivity contribution >= 4 is 11.3 Å². The average Bonchev–Trinajstić information content (AvgIpc) is 2.89. The molecule has 3 rings (SSSR count). The van der Waals surface area contributed by atoms with Crippen LogP contribution in [0, 0.1) is 12.7 Å². The molecule has 0 aliphatic carbocycles. The predicted octanol–water partition coefficient (Wildman–Crippen LogP) is 4.32. The van der Waals surface area contributed by atoms with Crippen molar-refractivity contribution in [2.75, 3.05) is 0 Å². The van der Waals surface area contributed by atoms with Crippen LogP contribution in [-0.2, 0) is 0 Å². The summed E-state index contributed by atoms with van der Waals surface area (Å²) in [5.41, 5.74) is 3.83. The van der Waals surface area contributed by atoms with Gasteiger partial charge in [0, 0.05) is 28.9 Å². The number of pyridine rings is 1. The predicted molar refractivity (Wildman–Crippen MR) is 75.5 cm³/mol. The van der Waals surface area contributed by atoms with Crippen LogP contribution in [0.25, 0.3) is 21.8 Å². The Bertz CT molecular complexity index is 721. The minimum Gasteiger partial charge on any atom is -0.264 e. The lowest BCUT2D eigenvalue weighted by Crippen LogP contribution is -1.85. The van der Waals surface area contributed by atoms with Crippen molar-refractivity contribution in [1.82, 2.24) is 9.97 Å². The monoisotopic (exact) mass is 270 g/mol. The summed E-state index contributed by atoms with van der Waals surface area (Å²) in [6.45, 7) is 2.03. The van der Waals surface area contributed by atoms with Gasteiger partial charge in [0.05, 0.1) is 5.69 Å². The summed E-state index contributed by atoms with van der Waals surface area (Å²) in [6.07, 6.45) is 3.57. The molecule has 94 valence electrons. The molecule has 0 saturated heterocycles. The third-order valence-electron chi connectivity index (χ3n) is 2.89. The highest BCUT2D eigenvalue weighted by atomic mass is 32.1. The Morgan fingerprint density at radius 1 is 1.21 bits per heavy atom. The Kier molecular flexibility index (Phi) is 3.09. The maximum atomic E-state index is 13.2. The Hall–Kier alpha value is -2.07. The van der Waals surface area contributed by atoms with Crippen LogP contribution in [0.1, 0.15) is 5.56 Å². The van der Waals surface area contributed by atoms with Crippen molar-refractivity contribution < 1.29 is 4.39 Å². The molecule has 4 heteroatoms. The van der Waals surface area contributed by atoms with E-state index in [1.165, 1.54) is 23.5 Å². The molecule has 19 heavy (non-hydrogen) atoms. The second-order valence-corrected chi connectivity index (χ2v) is 5.10. The summed E-state index contributed by atoms with van der Waals surface area (Å²) >= 11 is 1.51. The lowest BCUT2D eigenvalue weighted by atomic mass is 10.1. The van der Waals surface area contributed by atoms with Gasteiger partial charge in [0.1, 0.15) is 10.8 Å². The first-order chi connectivity index (χ1) is 9.24. The number of hydrogen-bond acceptors (Lipinski definition) is 3. The zero-order valence-electron chi connectivity index (χ0n) is 10.3. The minimum atomic E-state index is -0.244. The van der Waals surface area contributed by atoms with E-state index in [0.717, 1.165) is 27.4 Å². The van der Waals surface area contributed by atoms with Gasteiger partial charge in [0.2, 0.25) is 0 Å². The van der Waals surface area contributed by atoms with E-state index < -0.39 is 0 Å². The lowest BCUT2D eigenvalue weighted by Gasteiger charge is -2.00. The van der Waals surface area contributed by atoms with E-state index in [9.17, 15) is 4.39 Å². The van der Waals surface area contributed by atoms with Gasteiger partial charge >= 0.3 is 0 Å². The molecule has 0 fully saturated rings. The van der Waals surface area contributed by atoms with Gasteiger partial charge in [-0.1, -0.05) is 12.1 Å². The molecule has 0 saturated carbocycles. The largest absolute Gasteiger partial charge is 0.264 e.